The molecular weight excluding hydrogens is 200 g/mol. The van der Waals surface area contributed by atoms with E-state index in [2.05, 4.69) is 29.2 Å². The average molecular weight is 220 g/mol. The highest BCUT2D eigenvalue weighted by atomic mass is 16.5. The van der Waals surface area contributed by atoms with Gasteiger partial charge in [-0.1, -0.05) is 12.1 Å². The number of nitrogens with two attached hydrogens (primary N) is 1. The maximum Gasteiger partial charge on any atom is 0.0713 e. The van der Waals surface area contributed by atoms with E-state index in [-0.39, 0.29) is 0 Å². The minimum atomic E-state index is 0.658. The third kappa shape index (κ3) is 2.54. The van der Waals surface area contributed by atoms with Crippen LogP contribution < -0.4 is 10.6 Å². The Morgan fingerprint density at radius 2 is 2.38 bits per heavy atom. The first kappa shape index (κ1) is 11.4. The fourth-order valence-electron chi connectivity index (χ4n) is 2.27. The molecule has 2 rings (SSSR count). The molecule has 0 radical (unpaired) electrons. The van der Waals surface area contributed by atoms with Crippen LogP contribution in [0.5, 0.6) is 0 Å². The monoisotopic (exact) mass is 220 g/mol. The molecule has 1 aliphatic rings. The fraction of sp³-hybridized carbons (Fsp3) is 0.538. The van der Waals surface area contributed by atoms with Crippen LogP contribution in [0.2, 0.25) is 0 Å². The van der Waals surface area contributed by atoms with E-state index in [9.17, 15) is 0 Å². The standard InChI is InChI=1S/C13H20N2O/c1-16-10-11-3-2-4-13(7-11)15-6-5-12(8-14)9-15/h2-4,7,12H,5-6,8-10,14H2,1H3. The molecule has 1 aromatic rings. The lowest BCUT2D eigenvalue weighted by molar-refractivity contribution is 0.185. The Balaban J connectivity index is 2.06. The highest BCUT2D eigenvalue weighted by Crippen LogP contribution is 2.24. The zero-order valence-corrected chi connectivity index (χ0v) is 9.86. The van der Waals surface area contributed by atoms with Crippen molar-refractivity contribution in [2.45, 2.75) is 13.0 Å². The predicted octanol–water partition coefficient (Wildman–Crippen LogP) is 1.62. The normalized spacial score (nSPS) is 20.4. The molecule has 1 aromatic carbocycles. The molecule has 1 aliphatic heterocycles. The maximum absolute atomic E-state index is 5.71. The second-order valence-corrected chi connectivity index (χ2v) is 4.44. The third-order valence-corrected chi connectivity index (χ3v) is 3.21. The Kier molecular flexibility index (Phi) is 3.80. The van der Waals surface area contributed by atoms with Crippen LogP contribution in [-0.4, -0.2) is 26.7 Å². The minimum Gasteiger partial charge on any atom is -0.380 e. The largest absolute Gasteiger partial charge is 0.380 e. The summed E-state index contributed by atoms with van der Waals surface area (Å²) < 4.78 is 5.15. The third-order valence-electron chi connectivity index (χ3n) is 3.21. The number of methoxy groups -OCH3 is 1. The van der Waals surface area contributed by atoms with Crippen molar-refractivity contribution >= 4 is 5.69 Å². The van der Waals surface area contributed by atoms with Gasteiger partial charge in [0.25, 0.3) is 0 Å². The summed E-state index contributed by atoms with van der Waals surface area (Å²) in [6, 6.07) is 8.57. The molecule has 0 saturated carbocycles. The summed E-state index contributed by atoms with van der Waals surface area (Å²) in [6.45, 7) is 3.70. The van der Waals surface area contributed by atoms with E-state index in [0.717, 1.165) is 19.6 Å². The predicted molar refractivity (Wildman–Crippen MR) is 66.5 cm³/mol. The number of anilines is 1. The summed E-state index contributed by atoms with van der Waals surface area (Å²) in [5.74, 6) is 0.658. The molecule has 3 nitrogen and oxygen atoms in total. The van der Waals surface area contributed by atoms with Crippen molar-refractivity contribution in [2.75, 3.05) is 31.6 Å². The molecule has 0 spiro atoms. The Labute approximate surface area is 97.2 Å². The van der Waals surface area contributed by atoms with E-state index in [0.29, 0.717) is 12.5 Å². The molecule has 1 fully saturated rings. The number of hydrogen-bond acceptors (Lipinski definition) is 3. The van der Waals surface area contributed by atoms with Crippen LogP contribution in [0.15, 0.2) is 24.3 Å². The van der Waals surface area contributed by atoms with E-state index >= 15 is 0 Å². The summed E-state index contributed by atoms with van der Waals surface area (Å²) in [6.07, 6.45) is 1.21. The Bertz CT molecular complexity index is 340. The van der Waals surface area contributed by atoms with Crippen molar-refractivity contribution in [3.05, 3.63) is 29.8 Å². The van der Waals surface area contributed by atoms with Crippen LogP contribution in [0.1, 0.15) is 12.0 Å². The van der Waals surface area contributed by atoms with Gasteiger partial charge in [0.1, 0.15) is 0 Å². The molecule has 2 N–H and O–H groups in total. The van der Waals surface area contributed by atoms with Crippen LogP contribution in [0.3, 0.4) is 0 Å². The van der Waals surface area contributed by atoms with E-state index in [1.807, 2.05) is 0 Å². The lowest BCUT2D eigenvalue weighted by atomic mass is 10.1. The van der Waals surface area contributed by atoms with E-state index < -0.39 is 0 Å². The van der Waals surface area contributed by atoms with E-state index in [1.165, 1.54) is 17.7 Å². The van der Waals surface area contributed by atoms with Crippen LogP contribution in [0, 0.1) is 5.92 Å². The molecule has 0 amide bonds. The van der Waals surface area contributed by atoms with E-state index in [4.69, 9.17) is 10.5 Å². The first-order valence-corrected chi connectivity index (χ1v) is 5.86. The van der Waals surface area contributed by atoms with E-state index in [1.54, 1.807) is 7.11 Å². The fourth-order valence-corrected chi connectivity index (χ4v) is 2.27. The quantitative estimate of drug-likeness (QED) is 0.838. The summed E-state index contributed by atoms with van der Waals surface area (Å²) >= 11 is 0. The van der Waals surface area contributed by atoms with Gasteiger partial charge < -0.3 is 15.4 Å². The molecule has 0 aliphatic carbocycles. The number of nitrogens with zero attached hydrogens (tertiary/aromatic N) is 1. The number of benzene rings is 1. The average Bonchev–Trinajstić information content (AvgIpc) is 2.78. The van der Waals surface area contributed by atoms with Crippen LogP contribution in [0.4, 0.5) is 5.69 Å². The lowest BCUT2D eigenvalue weighted by Gasteiger charge is -2.19. The van der Waals surface area contributed by atoms with Crippen molar-refractivity contribution in [3.63, 3.8) is 0 Å². The maximum atomic E-state index is 5.71. The van der Waals surface area contributed by atoms with Gasteiger partial charge in [0.2, 0.25) is 0 Å². The molecule has 88 valence electrons. The van der Waals surface area contributed by atoms with Crippen molar-refractivity contribution in [1.82, 2.24) is 0 Å². The van der Waals surface area contributed by atoms with Gasteiger partial charge >= 0.3 is 0 Å². The Morgan fingerprint density at radius 1 is 1.50 bits per heavy atom. The van der Waals surface area contributed by atoms with Gasteiger partial charge in [0, 0.05) is 25.9 Å². The van der Waals surface area contributed by atoms with Crippen LogP contribution in [-0.2, 0) is 11.3 Å². The minimum absolute atomic E-state index is 0.658. The topological polar surface area (TPSA) is 38.5 Å². The van der Waals surface area contributed by atoms with Crippen molar-refractivity contribution in [2.24, 2.45) is 11.7 Å². The van der Waals surface area contributed by atoms with Gasteiger partial charge in [-0.25, -0.2) is 0 Å². The summed E-state index contributed by atoms with van der Waals surface area (Å²) in [7, 11) is 1.73. The molecule has 1 heterocycles. The molecule has 1 saturated heterocycles. The number of ether oxygens (including phenoxy) is 1. The molecule has 16 heavy (non-hydrogen) atoms. The number of hydrogen-bond donors (Lipinski definition) is 1. The van der Waals surface area contributed by atoms with Gasteiger partial charge in [0.15, 0.2) is 0 Å². The van der Waals surface area contributed by atoms with Crippen molar-refractivity contribution in [3.8, 4) is 0 Å². The van der Waals surface area contributed by atoms with Crippen molar-refractivity contribution < 1.29 is 4.74 Å². The lowest BCUT2D eigenvalue weighted by Crippen LogP contribution is -2.22. The first-order chi connectivity index (χ1) is 7.83. The summed E-state index contributed by atoms with van der Waals surface area (Å²) in [5, 5.41) is 0. The van der Waals surface area contributed by atoms with Crippen molar-refractivity contribution in [1.29, 1.82) is 0 Å². The van der Waals surface area contributed by atoms with Gasteiger partial charge in [-0.3, -0.25) is 0 Å². The summed E-state index contributed by atoms with van der Waals surface area (Å²) in [5.41, 5.74) is 8.23. The Hall–Kier alpha value is -1.06. The van der Waals surface area contributed by atoms with Gasteiger partial charge in [-0.05, 0) is 36.6 Å². The first-order valence-electron chi connectivity index (χ1n) is 5.86. The number of rotatable bonds is 4. The van der Waals surface area contributed by atoms with Crippen LogP contribution >= 0.6 is 0 Å². The second kappa shape index (κ2) is 5.32. The van der Waals surface area contributed by atoms with Gasteiger partial charge in [-0.15, -0.1) is 0 Å². The van der Waals surface area contributed by atoms with Crippen LogP contribution in [0.25, 0.3) is 0 Å². The summed E-state index contributed by atoms with van der Waals surface area (Å²) in [4.78, 5) is 2.41. The molecule has 1 unspecified atom stereocenters. The highest BCUT2D eigenvalue weighted by molar-refractivity contribution is 5.49. The zero-order valence-electron chi connectivity index (χ0n) is 9.86. The smallest absolute Gasteiger partial charge is 0.0713 e. The molecular formula is C13H20N2O. The molecule has 3 heteroatoms. The SMILES string of the molecule is COCc1cccc(N2CCC(CN)C2)c1. The molecule has 0 aromatic heterocycles. The second-order valence-electron chi connectivity index (χ2n) is 4.44. The Morgan fingerprint density at radius 3 is 3.06 bits per heavy atom. The highest BCUT2D eigenvalue weighted by Gasteiger charge is 2.21. The van der Waals surface area contributed by atoms with Gasteiger partial charge in [-0.2, -0.15) is 0 Å². The zero-order chi connectivity index (χ0) is 11.4. The van der Waals surface area contributed by atoms with Gasteiger partial charge in [0.05, 0.1) is 6.61 Å². The molecule has 1 atom stereocenters. The molecule has 0 bridgehead atoms.